The Labute approximate surface area is 135 Å². The molecule has 4 nitrogen and oxygen atoms in total. The number of halogens is 2. The SMILES string of the molecule is O=C(CN1CCC[C@@]2(CCNC2)C1)Nc1ccc(Cl)cc1F. The third kappa shape index (κ3) is 3.59. The number of hydrogen-bond acceptors (Lipinski definition) is 3. The van der Waals surface area contributed by atoms with Gasteiger partial charge in [0.15, 0.2) is 0 Å². The minimum atomic E-state index is -0.504. The van der Waals surface area contributed by atoms with Crippen LogP contribution >= 0.6 is 11.6 Å². The van der Waals surface area contributed by atoms with E-state index in [4.69, 9.17) is 11.6 Å². The molecule has 120 valence electrons. The number of nitrogens with zero attached hydrogens (tertiary/aromatic N) is 1. The van der Waals surface area contributed by atoms with Crippen LogP contribution in [0.1, 0.15) is 19.3 Å². The van der Waals surface area contributed by atoms with Crippen molar-refractivity contribution in [3.05, 3.63) is 29.0 Å². The van der Waals surface area contributed by atoms with E-state index in [2.05, 4.69) is 15.5 Å². The van der Waals surface area contributed by atoms with Gasteiger partial charge < -0.3 is 10.6 Å². The van der Waals surface area contributed by atoms with Gasteiger partial charge in [0.05, 0.1) is 12.2 Å². The second-order valence-electron chi connectivity index (χ2n) is 6.41. The molecule has 22 heavy (non-hydrogen) atoms. The van der Waals surface area contributed by atoms with Crippen molar-refractivity contribution >= 4 is 23.2 Å². The molecule has 0 aromatic heterocycles. The van der Waals surface area contributed by atoms with Crippen LogP contribution in [0.15, 0.2) is 18.2 Å². The van der Waals surface area contributed by atoms with Crippen LogP contribution in [-0.4, -0.2) is 43.5 Å². The van der Waals surface area contributed by atoms with Gasteiger partial charge in [-0.15, -0.1) is 0 Å². The van der Waals surface area contributed by atoms with Gasteiger partial charge in [0, 0.05) is 18.1 Å². The molecule has 2 saturated heterocycles. The van der Waals surface area contributed by atoms with Crippen LogP contribution in [0, 0.1) is 11.2 Å². The fourth-order valence-electron chi connectivity index (χ4n) is 3.57. The van der Waals surface area contributed by atoms with Gasteiger partial charge in [0.1, 0.15) is 5.82 Å². The summed E-state index contributed by atoms with van der Waals surface area (Å²) in [5.41, 5.74) is 0.507. The first-order valence-corrected chi connectivity index (χ1v) is 8.12. The minimum Gasteiger partial charge on any atom is -0.322 e. The highest BCUT2D eigenvalue weighted by molar-refractivity contribution is 6.30. The first-order valence-electron chi connectivity index (χ1n) is 7.74. The standard InChI is InChI=1S/C16H21ClFN3O/c17-12-2-3-14(13(18)8-12)20-15(22)9-21-7-1-4-16(11-21)5-6-19-10-16/h2-3,8,19H,1,4-7,9-11H2,(H,20,22)/t16-/m0/s1. The van der Waals surface area contributed by atoms with Gasteiger partial charge in [-0.2, -0.15) is 0 Å². The Morgan fingerprint density at radius 2 is 2.32 bits per heavy atom. The largest absolute Gasteiger partial charge is 0.322 e. The normalized spacial score (nSPS) is 25.5. The summed E-state index contributed by atoms with van der Waals surface area (Å²) < 4.78 is 13.7. The van der Waals surface area contributed by atoms with E-state index in [1.807, 2.05) is 0 Å². The number of benzene rings is 1. The summed E-state index contributed by atoms with van der Waals surface area (Å²) in [4.78, 5) is 14.3. The number of amides is 1. The third-order valence-electron chi connectivity index (χ3n) is 4.65. The maximum absolute atomic E-state index is 13.7. The van der Waals surface area contributed by atoms with Gasteiger partial charge in [-0.05, 0) is 56.0 Å². The summed E-state index contributed by atoms with van der Waals surface area (Å²) >= 11 is 5.71. The lowest BCUT2D eigenvalue weighted by molar-refractivity contribution is -0.118. The molecule has 0 unspecified atom stereocenters. The van der Waals surface area contributed by atoms with Crippen molar-refractivity contribution in [2.45, 2.75) is 19.3 Å². The van der Waals surface area contributed by atoms with Crippen LogP contribution < -0.4 is 10.6 Å². The molecule has 0 bridgehead atoms. The van der Waals surface area contributed by atoms with Gasteiger partial charge >= 0.3 is 0 Å². The van der Waals surface area contributed by atoms with Gasteiger partial charge in [-0.3, -0.25) is 9.69 Å². The zero-order valence-corrected chi connectivity index (χ0v) is 13.3. The van der Waals surface area contributed by atoms with Crippen molar-refractivity contribution in [2.24, 2.45) is 5.41 Å². The first-order chi connectivity index (χ1) is 10.6. The minimum absolute atomic E-state index is 0.177. The molecule has 1 aromatic rings. The number of rotatable bonds is 3. The van der Waals surface area contributed by atoms with Crippen molar-refractivity contribution in [3.8, 4) is 0 Å². The summed E-state index contributed by atoms with van der Waals surface area (Å²) in [6.45, 7) is 4.28. The van der Waals surface area contributed by atoms with E-state index in [0.717, 1.165) is 32.6 Å². The number of carbonyl (C=O) groups excluding carboxylic acids is 1. The first kappa shape index (κ1) is 15.7. The average Bonchev–Trinajstić information content (AvgIpc) is 2.90. The Kier molecular flexibility index (Phi) is 4.66. The van der Waals surface area contributed by atoms with Gasteiger partial charge in [0.2, 0.25) is 5.91 Å². The van der Waals surface area contributed by atoms with E-state index >= 15 is 0 Å². The van der Waals surface area contributed by atoms with Crippen LogP contribution in [0.25, 0.3) is 0 Å². The lowest BCUT2D eigenvalue weighted by atomic mass is 9.79. The smallest absolute Gasteiger partial charge is 0.238 e. The fraction of sp³-hybridized carbons (Fsp3) is 0.562. The molecule has 1 amide bonds. The van der Waals surface area contributed by atoms with Crippen LogP contribution in [-0.2, 0) is 4.79 Å². The monoisotopic (exact) mass is 325 g/mol. The molecule has 6 heteroatoms. The number of piperidine rings is 1. The van der Waals surface area contributed by atoms with Crippen molar-refractivity contribution in [1.29, 1.82) is 0 Å². The molecular weight excluding hydrogens is 305 g/mol. The van der Waals surface area contributed by atoms with E-state index in [0.29, 0.717) is 17.0 Å². The Bertz CT molecular complexity index is 560. The van der Waals surface area contributed by atoms with E-state index in [1.54, 1.807) is 6.07 Å². The van der Waals surface area contributed by atoms with Crippen molar-refractivity contribution in [1.82, 2.24) is 10.2 Å². The van der Waals surface area contributed by atoms with Crippen molar-refractivity contribution < 1.29 is 9.18 Å². The molecule has 1 spiro atoms. The molecule has 2 aliphatic heterocycles. The van der Waals surface area contributed by atoms with E-state index in [1.165, 1.54) is 25.0 Å². The quantitative estimate of drug-likeness (QED) is 0.897. The Balaban J connectivity index is 1.57. The zero-order chi connectivity index (χ0) is 15.6. The molecular formula is C16H21ClFN3O. The molecule has 0 radical (unpaired) electrons. The van der Waals surface area contributed by atoms with Crippen molar-refractivity contribution in [2.75, 3.05) is 38.0 Å². The highest BCUT2D eigenvalue weighted by atomic mass is 35.5. The maximum Gasteiger partial charge on any atom is 0.238 e. The van der Waals surface area contributed by atoms with Gasteiger partial charge in [0.25, 0.3) is 0 Å². The number of hydrogen-bond donors (Lipinski definition) is 2. The average molecular weight is 326 g/mol. The molecule has 3 rings (SSSR count). The molecule has 2 fully saturated rings. The summed E-state index contributed by atoms with van der Waals surface area (Å²) in [6.07, 6.45) is 3.52. The Morgan fingerprint density at radius 3 is 3.05 bits per heavy atom. The van der Waals surface area contributed by atoms with Crippen molar-refractivity contribution in [3.63, 3.8) is 0 Å². The Morgan fingerprint density at radius 1 is 1.45 bits per heavy atom. The Hall–Kier alpha value is -1.17. The summed E-state index contributed by atoms with van der Waals surface area (Å²) in [7, 11) is 0. The summed E-state index contributed by atoms with van der Waals surface area (Å²) in [6, 6.07) is 4.27. The molecule has 2 N–H and O–H groups in total. The fourth-order valence-corrected chi connectivity index (χ4v) is 3.73. The van der Waals surface area contributed by atoms with Gasteiger partial charge in [-0.1, -0.05) is 11.6 Å². The van der Waals surface area contributed by atoms with Crippen LogP contribution in [0.4, 0.5) is 10.1 Å². The third-order valence-corrected chi connectivity index (χ3v) is 4.88. The van der Waals surface area contributed by atoms with E-state index in [9.17, 15) is 9.18 Å². The summed E-state index contributed by atoms with van der Waals surface area (Å²) in [5, 5.41) is 6.38. The van der Waals surface area contributed by atoms with Gasteiger partial charge in [-0.25, -0.2) is 4.39 Å². The predicted molar refractivity (Wildman–Crippen MR) is 85.6 cm³/mol. The second-order valence-corrected chi connectivity index (χ2v) is 6.85. The molecule has 2 aliphatic rings. The number of likely N-dealkylation sites (tertiary alicyclic amines) is 1. The summed E-state index contributed by atoms with van der Waals surface area (Å²) in [5.74, 6) is -0.680. The molecule has 1 aromatic carbocycles. The molecule has 0 saturated carbocycles. The number of nitrogens with one attached hydrogen (secondary N) is 2. The lowest BCUT2D eigenvalue weighted by Crippen LogP contribution is -2.47. The van der Waals surface area contributed by atoms with Crippen LogP contribution in [0.5, 0.6) is 0 Å². The molecule has 0 aliphatic carbocycles. The lowest BCUT2D eigenvalue weighted by Gasteiger charge is -2.39. The van der Waals surface area contributed by atoms with E-state index in [-0.39, 0.29) is 11.6 Å². The zero-order valence-electron chi connectivity index (χ0n) is 12.5. The highest BCUT2D eigenvalue weighted by Gasteiger charge is 2.38. The topological polar surface area (TPSA) is 44.4 Å². The van der Waals surface area contributed by atoms with Crippen LogP contribution in [0.2, 0.25) is 5.02 Å². The molecule has 1 atom stereocenters. The number of anilines is 1. The van der Waals surface area contributed by atoms with E-state index < -0.39 is 5.82 Å². The highest BCUT2D eigenvalue weighted by Crippen LogP contribution is 2.35. The predicted octanol–water partition coefficient (Wildman–Crippen LogP) is 2.49. The van der Waals surface area contributed by atoms with Crippen LogP contribution in [0.3, 0.4) is 0 Å². The molecule has 2 heterocycles. The second kappa shape index (κ2) is 6.52. The maximum atomic E-state index is 13.7. The number of carbonyl (C=O) groups is 1.